The summed E-state index contributed by atoms with van der Waals surface area (Å²) in [5, 5.41) is 1.21. The average Bonchev–Trinajstić information content (AvgIpc) is 2.26. The fourth-order valence-electron chi connectivity index (χ4n) is 2.16. The summed E-state index contributed by atoms with van der Waals surface area (Å²) in [4.78, 5) is 4.36. The van der Waals surface area contributed by atoms with E-state index in [0.717, 1.165) is 29.7 Å². The lowest BCUT2D eigenvalue weighted by Gasteiger charge is -2.22. The molecule has 1 heterocycles. The third-order valence-corrected chi connectivity index (χ3v) is 3.96. The Labute approximate surface area is 115 Å². The van der Waals surface area contributed by atoms with Crippen LogP contribution in [0.1, 0.15) is 46.1 Å². The van der Waals surface area contributed by atoms with Gasteiger partial charge in [-0.1, -0.05) is 33.8 Å². The Balaban J connectivity index is 2.53. The van der Waals surface area contributed by atoms with E-state index in [1.54, 1.807) is 0 Å². The molecule has 0 N–H and O–H groups in total. The fourth-order valence-corrected chi connectivity index (χ4v) is 2.62. The Morgan fingerprint density at radius 2 is 1.78 bits per heavy atom. The number of aromatic nitrogens is 1. The first kappa shape index (κ1) is 15.4. The minimum Gasteiger partial charge on any atom is -0.373 e. The molecule has 1 aromatic rings. The van der Waals surface area contributed by atoms with Gasteiger partial charge < -0.3 is 4.74 Å². The molecule has 0 aliphatic carbocycles. The zero-order chi connectivity index (χ0) is 13.5. The summed E-state index contributed by atoms with van der Waals surface area (Å²) >= 11 is 0. The van der Waals surface area contributed by atoms with Crippen molar-refractivity contribution in [1.82, 2.24) is 4.98 Å². The van der Waals surface area contributed by atoms with Crippen molar-refractivity contribution in [3.8, 4) is 0 Å². The lowest BCUT2D eigenvalue weighted by atomic mass is 9.98. The fraction of sp³-hybridized carbons (Fsp3) is 0.667. The van der Waals surface area contributed by atoms with Crippen LogP contribution in [0.25, 0.3) is 0 Å². The monoisotopic (exact) mass is 265 g/mol. The van der Waals surface area contributed by atoms with E-state index in [-0.39, 0.29) is 0 Å². The first-order valence-electron chi connectivity index (χ1n) is 7.01. The van der Waals surface area contributed by atoms with Gasteiger partial charge in [-0.2, -0.15) is 0 Å². The standard InChI is InChI=1S/C15H27NOSi/c1-11(2)8-14(9-12(3)4)17-10-13-6-5-7-16-15(13)18/h5-7,11-12,14H,8-10H2,1-4,18H3. The van der Waals surface area contributed by atoms with E-state index >= 15 is 0 Å². The average molecular weight is 265 g/mol. The number of hydrogen-bond donors (Lipinski definition) is 0. The summed E-state index contributed by atoms with van der Waals surface area (Å²) in [7, 11) is 0.991. The second-order valence-corrected chi connectivity index (χ2v) is 6.89. The van der Waals surface area contributed by atoms with Crippen LogP contribution in [-0.4, -0.2) is 21.3 Å². The van der Waals surface area contributed by atoms with Crippen LogP contribution in [-0.2, 0) is 11.3 Å². The van der Waals surface area contributed by atoms with Gasteiger partial charge in [-0.15, -0.1) is 0 Å². The molecule has 0 radical (unpaired) electrons. The van der Waals surface area contributed by atoms with Crippen LogP contribution in [0.4, 0.5) is 0 Å². The summed E-state index contributed by atoms with van der Waals surface area (Å²) in [6, 6.07) is 4.14. The number of pyridine rings is 1. The number of hydrogen-bond acceptors (Lipinski definition) is 2. The molecule has 0 aliphatic heterocycles. The van der Waals surface area contributed by atoms with Crippen LogP contribution in [0.3, 0.4) is 0 Å². The van der Waals surface area contributed by atoms with Crippen LogP contribution in [0.15, 0.2) is 18.3 Å². The smallest absolute Gasteiger partial charge is 0.0733 e. The van der Waals surface area contributed by atoms with E-state index < -0.39 is 0 Å². The molecule has 0 aliphatic rings. The SMILES string of the molecule is CC(C)CC(CC(C)C)OCc1cccnc1[SiH3]. The van der Waals surface area contributed by atoms with Crippen molar-refractivity contribution in [2.75, 3.05) is 0 Å². The van der Waals surface area contributed by atoms with Crippen LogP contribution in [0, 0.1) is 11.8 Å². The summed E-state index contributed by atoms with van der Waals surface area (Å²) < 4.78 is 6.11. The molecular formula is C15H27NOSi. The molecular weight excluding hydrogens is 238 g/mol. The molecule has 0 spiro atoms. The van der Waals surface area contributed by atoms with E-state index in [0.29, 0.717) is 17.9 Å². The molecule has 18 heavy (non-hydrogen) atoms. The minimum absolute atomic E-state index is 0.381. The number of ether oxygens (including phenoxy) is 1. The van der Waals surface area contributed by atoms with Crippen molar-refractivity contribution >= 4 is 15.6 Å². The summed E-state index contributed by atoms with van der Waals surface area (Å²) in [6.07, 6.45) is 4.54. The van der Waals surface area contributed by atoms with Gasteiger partial charge in [0.25, 0.3) is 0 Å². The van der Waals surface area contributed by atoms with Gasteiger partial charge in [0, 0.05) is 11.5 Å². The molecule has 0 bridgehead atoms. The van der Waals surface area contributed by atoms with Crippen LogP contribution in [0.5, 0.6) is 0 Å². The highest BCUT2D eigenvalue weighted by atomic mass is 28.1. The highest BCUT2D eigenvalue weighted by Gasteiger charge is 2.14. The molecule has 0 aromatic carbocycles. The minimum atomic E-state index is 0.381. The highest BCUT2D eigenvalue weighted by Crippen LogP contribution is 2.17. The van der Waals surface area contributed by atoms with Gasteiger partial charge in [0.05, 0.1) is 23.0 Å². The maximum absolute atomic E-state index is 6.11. The summed E-state index contributed by atoms with van der Waals surface area (Å²) in [6.45, 7) is 9.77. The van der Waals surface area contributed by atoms with Crippen LogP contribution in [0.2, 0.25) is 0 Å². The second kappa shape index (κ2) is 7.69. The van der Waals surface area contributed by atoms with Gasteiger partial charge in [-0.25, -0.2) is 0 Å². The molecule has 0 saturated carbocycles. The lowest BCUT2D eigenvalue weighted by molar-refractivity contribution is 0.0145. The summed E-state index contributed by atoms with van der Waals surface area (Å²) in [5.74, 6) is 1.39. The topological polar surface area (TPSA) is 22.1 Å². The van der Waals surface area contributed by atoms with Gasteiger partial charge in [0.15, 0.2) is 0 Å². The molecule has 1 rings (SSSR count). The third kappa shape index (κ3) is 5.78. The van der Waals surface area contributed by atoms with E-state index in [9.17, 15) is 0 Å². The maximum Gasteiger partial charge on any atom is 0.0733 e. The Morgan fingerprint density at radius 1 is 1.17 bits per heavy atom. The molecule has 0 amide bonds. The largest absolute Gasteiger partial charge is 0.373 e. The van der Waals surface area contributed by atoms with Gasteiger partial charge in [0.1, 0.15) is 0 Å². The predicted molar refractivity (Wildman–Crippen MR) is 81.3 cm³/mol. The second-order valence-electron chi connectivity index (χ2n) is 5.94. The Morgan fingerprint density at radius 3 is 2.28 bits per heavy atom. The number of nitrogens with zero attached hydrogens (tertiary/aromatic N) is 1. The van der Waals surface area contributed by atoms with Gasteiger partial charge >= 0.3 is 0 Å². The zero-order valence-electron chi connectivity index (χ0n) is 12.4. The molecule has 0 unspecified atom stereocenters. The van der Waals surface area contributed by atoms with Crippen molar-refractivity contribution in [3.63, 3.8) is 0 Å². The van der Waals surface area contributed by atoms with Gasteiger partial charge in [-0.3, -0.25) is 4.98 Å². The Bertz CT molecular complexity index is 342. The first-order valence-corrected chi connectivity index (χ1v) is 8.01. The molecule has 1 aromatic heterocycles. The molecule has 3 heteroatoms. The zero-order valence-corrected chi connectivity index (χ0v) is 14.4. The van der Waals surface area contributed by atoms with Crippen molar-refractivity contribution in [1.29, 1.82) is 0 Å². The molecule has 0 atom stereocenters. The van der Waals surface area contributed by atoms with Crippen molar-refractivity contribution in [3.05, 3.63) is 23.9 Å². The molecule has 0 saturated heterocycles. The predicted octanol–water partition coefficient (Wildman–Crippen LogP) is 2.05. The van der Waals surface area contributed by atoms with Crippen LogP contribution < -0.4 is 5.32 Å². The van der Waals surface area contributed by atoms with Crippen LogP contribution >= 0.6 is 0 Å². The van der Waals surface area contributed by atoms with Crippen molar-refractivity contribution < 1.29 is 4.74 Å². The quantitative estimate of drug-likeness (QED) is 0.704. The number of rotatable bonds is 7. The first-order chi connectivity index (χ1) is 8.49. The molecule has 102 valence electrons. The third-order valence-electron chi connectivity index (χ3n) is 3.06. The van der Waals surface area contributed by atoms with Gasteiger partial charge in [0.2, 0.25) is 0 Å². The van der Waals surface area contributed by atoms with E-state index in [2.05, 4.69) is 38.7 Å². The normalized spacial score (nSPS) is 11.9. The van der Waals surface area contributed by atoms with E-state index in [1.165, 1.54) is 10.9 Å². The van der Waals surface area contributed by atoms with E-state index in [4.69, 9.17) is 4.74 Å². The highest BCUT2D eigenvalue weighted by molar-refractivity contribution is 6.31. The van der Waals surface area contributed by atoms with Gasteiger partial charge in [-0.05, 0) is 36.3 Å². The maximum atomic E-state index is 6.11. The van der Waals surface area contributed by atoms with E-state index in [1.807, 2.05) is 12.3 Å². The Hall–Kier alpha value is -0.673. The summed E-state index contributed by atoms with van der Waals surface area (Å²) in [5.41, 5.74) is 1.27. The molecule has 0 fully saturated rings. The Kier molecular flexibility index (Phi) is 6.58. The lowest BCUT2D eigenvalue weighted by Crippen LogP contribution is -2.21. The molecule has 2 nitrogen and oxygen atoms in total. The van der Waals surface area contributed by atoms with Crippen molar-refractivity contribution in [2.45, 2.75) is 53.2 Å². The van der Waals surface area contributed by atoms with Crippen molar-refractivity contribution in [2.24, 2.45) is 11.8 Å².